The molecule has 0 aromatic rings. The highest BCUT2D eigenvalue weighted by Gasteiger charge is 2.44. The molecule has 12 heavy (non-hydrogen) atoms. The molecule has 1 fully saturated rings. The standard InChI is InChI=1S/C5H5F4NO2/c6-3-1-10(2-3)12-4(11)5(7,8)9/h3H,1-2H2. The average Bonchev–Trinajstić information content (AvgIpc) is 1.82. The number of hydrogen-bond acceptors (Lipinski definition) is 3. The Kier molecular flexibility index (Phi) is 2.22. The third-order valence-corrected chi connectivity index (χ3v) is 1.25. The van der Waals surface area contributed by atoms with Gasteiger partial charge in [0, 0.05) is 0 Å². The van der Waals surface area contributed by atoms with Crippen molar-refractivity contribution < 1.29 is 27.2 Å². The van der Waals surface area contributed by atoms with Gasteiger partial charge in [-0.25, -0.2) is 9.18 Å². The molecule has 0 aliphatic carbocycles. The summed E-state index contributed by atoms with van der Waals surface area (Å²) in [6.07, 6.45) is -6.22. The van der Waals surface area contributed by atoms with Crippen molar-refractivity contribution >= 4 is 5.97 Å². The number of carbonyl (C=O) groups excluding carboxylic acids is 1. The van der Waals surface area contributed by atoms with Crippen molar-refractivity contribution in [2.24, 2.45) is 0 Å². The van der Waals surface area contributed by atoms with Crippen LogP contribution in [-0.4, -0.2) is 36.5 Å². The molecule has 1 aliphatic heterocycles. The van der Waals surface area contributed by atoms with Crippen LogP contribution in [0.5, 0.6) is 0 Å². The number of halogens is 4. The molecule has 0 aromatic carbocycles. The van der Waals surface area contributed by atoms with Gasteiger partial charge >= 0.3 is 12.1 Å². The molecule has 1 saturated heterocycles. The Morgan fingerprint density at radius 2 is 1.92 bits per heavy atom. The van der Waals surface area contributed by atoms with Crippen LogP contribution in [0.4, 0.5) is 17.6 Å². The number of nitrogens with zero attached hydrogens (tertiary/aromatic N) is 1. The molecule has 0 unspecified atom stereocenters. The Morgan fingerprint density at radius 3 is 2.25 bits per heavy atom. The van der Waals surface area contributed by atoms with Crippen LogP contribution in [0.3, 0.4) is 0 Å². The lowest BCUT2D eigenvalue weighted by Crippen LogP contribution is -2.50. The molecule has 1 heterocycles. The van der Waals surface area contributed by atoms with Gasteiger partial charge in [0.1, 0.15) is 6.17 Å². The summed E-state index contributed by atoms with van der Waals surface area (Å²) in [5.41, 5.74) is 0. The van der Waals surface area contributed by atoms with E-state index >= 15 is 0 Å². The van der Waals surface area contributed by atoms with Crippen LogP contribution >= 0.6 is 0 Å². The first-order chi connectivity index (χ1) is 5.39. The first kappa shape index (κ1) is 9.24. The highest BCUT2D eigenvalue weighted by Crippen LogP contribution is 2.20. The molecule has 1 rings (SSSR count). The maximum atomic E-state index is 12.0. The predicted molar refractivity (Wildman–Crippen MR) is 28.6 cm³/mol. The number of alkyl halides is 4. The second kappa shape index (κ2) is 2.89. The Morgan fingerprint density at radius 1 is 1.42 bits per heavy atom. The van der Waals surface area contributed by atoms with E-state index in [9.17, 15) is 22.4 Å². The van der Waals surface area contributed by atoms with E-state index in [0.717, 1.165) is 0 Å². The van der Waals surface area contributed by atoms with E-state index in [2.05, 4.69) is 4.84 Å². The van der Waals surface area contributed by atoms with Crippen molar-refractivity contribution in [3.05, 3.63) is 0 Å². The molecule has 0 amide bonds. The zero-order chi connectivity index (χ0) is 9.35. The largest absolute Gasteiger partial charge is 0.492 e. The van der Waals surface area contributed by atoms with Crippen molar-refractivity contribution in [3.63, 3.8) is 0 Å². The quantitative estimate of drug-likeness (QED) is 0.565. The number of carbonyl (C=O) groups is 1. The Hall–Kier alpha value is -0.850. The van der Waals surface area contributed by atoms with E-state index in [-0.39, 0.29) is 13.1 Å². The van der Waals surface area contributed by atoms with Crippen LogP contribution < -0.4 is 0 Å². The summed E-state index contributed by atoms with van der Waals surface area (Å²) in [7, 11) is 0. The smallest absolute Gasteiger partial charge is 0.361 e. The van der Waals surface area contributed by atoms with Gasteiger partial charge in [-0.3, -0.25) is 0 Å². The molecular weight excluding hydrogens is 182 g/mol. The molecule has 0 saturated carbocycles. The maximum absolute atomic E-state index is 12.0. The monoisotopic (exact) mass is 187 g/mol. The van der Waals surface area contributed by atoms with Gasteiger partial charge in [-0.1, -0.05) is 0 Å². The van der Waals surface area contributed by atoms with Crippen LogP contribution in [0.1, 0.15) is 0 Å². The lowest BCUT2D eigenvalue weighted by Gasteiger charge is -2.31. The van der Waals surface area contributed by atoms with Gasteiger partial charge in [-0.15, -0.1) is 5.06 Å². The molecule has 0 radical (unpaired) electrons. The summed E-state index contributed by atoms with van der Waals surface area (Å²) in [6.45, 7) is -0.580. The predicted octanol–water partition coefficient (Wildman–Crippen LogP) is 0.661. The zero-order valence-electron chi connectivity index (χ0n) is 5.77. The van der Waals surface area contributed by atoms with E-state index in [1.165, 1.54) is 0 Å². The summed E-state index contributed by atoms with van der Waals surface area (Å²) in [5, 5.41) is 0.625. The summed E-state index contributed by atoms with van der Waals surface area (Å²) in [4.78, 5) is 13.8. The molecule has 0 bridgehead atoms. The van der Waals surface area contributed by atoms with Gasteiger partial charge in [0.25, 0.3) is 0 Å². The van der Waals surface area contributed by atoms with E-state index in [0.29, 0.717) is 5.06 Å². The number of hydrogen-bond donors (Lipinski definition) is 0. The minimum absolute atomic E-state index is 0.290. The van der Waals surface area contributed by atoms with Crippen LogP contribution in [0.25, 0.3) is 0 Å². The second-order valence-corrected chi connectivity index (χ2v) is 2.32. The molecule has 0 spiro atoms. The van der Waals surface area contributed by atoms with E-state index < -0.39 is 18.3 Å². The third-order valence-electron chi connectivity index (χ3n) is 1.25. The Labute approximate surface area is 64.8 Å². The Balaban J connectivity index is 2.28. The second-order valence-electron chi connectivity index (χ2n) is 2.32. The number of hydroxylamine groups is 2. The lowest BCUT2D eigenvalue weighted by molar-refractivity contribution is -0.258. The summed E-state index contributed by atoms with van der Waals surface area (Å²) >= 11 is 0. The molecule has 70 valence electrons. The van der Waals surface area contributed by atoms with E-state index in [1.54, 1.807) is 0 Å². The SMILES string of the molecule is O=C(ON1CC(F)C1)C(F)(F)F. The first-order valence-electron chi connectivity index (χ1n) is 3.07. The fraction of sp³-hybridized carbons (Fsp3) is 0.800. The summed E-state index contributed by atoms with van der Waals surface area (Å²) in [5.74, 6) is -2.31. The van der Waals surface area contributed by atoms with Crippen LogP contribution in [0, 0.1) is 0 Å². The molecule has 7 heteroatoms. The normalized spacial score (nSPS) is 20.3. The highest BCUT2D eigenvalue weighted by molar-refractivity contribution is 5.75. The average molecular weight is 187 g/mol. The van der Waals surface area contributed by atoms with Crippen molar-refractivity contribution in [2.45, 2.75) is 12.3 Å². The maximum Gasteiger partial charge on any atom is 0.492 e. The van der Waals surface area contributed by atoms with Crippen molar-refractivity contribution in [1.29, 1.82) is 0 Å². The van der Waals surface area contributed by atoms with Gasteiger partial charge in [-0.2, -0.15) is 13.2 Å². The van der Waals surface area contributed by atoms with Crippen molar-refractivity contribution in [2.75, 3.05) is 13.1 Å². The summed E-state index contributed by atoms with van der Waals surface area (Å²) < 4.78 is 46.4. The van der Waals surface area contributed by atoms with Crippen molar-refractivity contribution in [1.82, 2.24) is 5.06 Å². The van der Waals surface area contributed by atoms with Gasteiger partial charge in [-0.05, 0) is 0 Å². The lowest BCUT2D eigenvalue weighted by atomic mass is 10.2. The van der Waals surface area contributed by atoms with Crippen LogP contribution in [0.15, 0.2) is 0 Å². The van der Waals surface area contributed by atoms with Crippen LogP contribution in [-0.2, 0) is 9.63 Å². The van der Waals surface area contributed by atoms with Gasteiger partial charge in [0.05, 0.1) is 13.1 Å². The fourth-order valence-electron chi connectivity index (χ4n) is 0.632. The first-order valence-corrected chi connectivity index (χ1v) is 3.07. The molecular formula is C5H5F4NO2. The van der Waals surface area contributed by atoms with Gasteiger partial charge in [0.2, 0.25) is 0 Å². The van der Waals surface area contributed by atoms with Crippen LogP contribution in [0.2, 0.25) is 0 Å². The molecule has 1 aliphatic rings. The molecule has 0 N–H and O–H groups in total. The van der Waals surface area contributed by atoms with Gasteiger partial charge < -0.3 is 4.84 Å². The summed E-state index contributed by atoms with van der Waals surface area (Å²) in [6, 6.07) is 0. The molecule has 0 aromatic heterocycles. The third kappa shape index (κ3) is 2.07. The van der Waals surface area contributed by atoms with E-state index in [1.807, 2.05) is 0 Å². The highest BCUT2D eigenvalue weighted by atomic mass is 19.4. The molecule has 3 nitrogen and oxygen atoms in total. The van der Waals surface area contributed by atoms with Gasteiger partial charge in [0.15, 0.2) is 0 Å². The molecule has 0 atom stereocenters. The topological polar surface area (TPSA) is 29.5 Å². The zero-order valence-corrected chi connectivity index (χ0v) is 5.77. The van der Waals surface area contributed by atoms with E-state index in [4.69, 9.17) is 0 Å². The Bertz CT molecular complexity index is 186. The van der Waals surface area contributed by atoms with Crippen molar-refractivity contribution in [3.8, 4) is 0 Å². The minimum atomic E-state index is -5.01. The number of rotatable bonds is 1. The fourth-order valence-corrected chi connectivity index (χ4v) is 0.632. The minimum Gasteiger partial charge on any atom is -0.361 e.